The molecule has 5 nitrogen and oxygen atoms in total. The van der Waals surface area contributed by atoms with Gasteiger partial charge in [-0.1, -0.05) is 19.8 Å². The van der Waals surface area contributed by atoms with Gasteiger partial charge in [0.1, 0.15) is 5.82 Å². The number of pyridine rings is 1. The highest BCUT2D eigenvalue weighted by Gasteiger charge is 2.23. The number of likely N-dealkylation sites (tertiary alicyclic amines) is 1. The van der Waals surface area contributed by atoms with Gasteiger partial charge in [-0.3, -0.25) is 4.79 Å². The standard InChI is InChI=1S/C14H22N4O/c1-2-3-11-6-8-18(9-7-11)14(19)12-4-5-13(17-15)16-10-12/h4-5,10-11H,2-3,6-9,15H2,1H3,(H,16,17). The van der Waals surface area contributed by atoms with Crippen LogP contribution in [0.25, 0.3) is 0 Å². The topological polar surface area (TPSA) is 71.2 Å². The Labute approximate surface area is 114 Å². The third-order valence-corrected chi connectivity index (χ3v) is 3.76. The van der Waals surface area contributed by atoms with Crippen LogP contribution < -0.4 is 11.3 Å². The maximum atomic E-state index is 12.3. The summed E-state index contributed by atoms with van der Waals surface area (Å²) in [5.41, 5.74) is 3.09. The monoisotopic (exact) mass is 262 g/mol. The number of hydrazine groups is 1. The Morgan fingerprint density at radius 1 is 1.47 bits per heavy atom. The lowest BCUT2D eigenvalue weighted by Gasteiger charge is -2.31. The van der Waals surface area contributed by atoms with Gasteiger partial charge in [0.2, 0.25) is 0 Å². The van der Waals surface area contributed by atoms with Crippen LogP contribution in [0.1, 0.15) is 43.0 Å². The van der Waals surface area contributed by atoms with Crippen molar-refractivity contribution in [2.45, 2.75) is 32.6 Å². The van der Waals surface area contributed by atoms with E-state index >= 15 is 0 Å². The first-order valence-electron chi connectivity index (χ1n) is 6.96. The van der Waals surface area contributed by atoms with Crippen LogP contribution in [0.5, 0.6) is 0 Å². The Morgan fingerprint density at radius 3 is 2.74 bits per heavy atom. The summed E-state index contributed by atoms with van der Waals surface area (Å²) in [6.07, 6.45) is 6.33. The fourth-order valence-corrected chi connectivity index (χ4v) is 2.62. The quantitative estimate of drug-likeness (QED) is 0.643. The van der Waals surface area contributed by atoms with Gasteiger partial charge in [0.25, 0.3) is 5.91 Å². The van der Waals surface area contributed by atoms with Crippen LogP contribution in [0.3, 0.4) is 0 Å². The van der Waals surface area contributed by atoms with Gasteiger partial charge in [0.05, 0.1) is 5.56 Å². The predicted octanol–water partition coefficient (Wildman–Crippen LogP) is 2.02. The van der Waals surface area contributed by atoms with Crippen molar-refractivity contribution >= 4 is 11.7 Å². The fraction of sp³-hybridized carbons (Fsp3) is 0.571. The van der Waals surface area contributed by atoms with E-state index in [4.69, 9.17) is 5.84 Å². The van der Waals surface area contributed by atoms with E-state index in [1.807, 2.05) is 4.90 Å². The molecule has 2 rings (SSSR count). The lowest BCUT2D eigenvalue weighted by molar-refractivity contribution is 0.0686. The van der Waals surface area contributed by atoms with Crippen molar-refractivity contribution in [2.75, 3.05) is 18.5 Å². The van der Waals surface area contributed by atoms with E-state index in [1.165, 1.54) is 12.8 Å². The first-order valence-corrected chi connectivity index (χ1v) is 6.96. The van der Waals surface area contributed by atoms with E-state index < -0.39 is 0 Å². The molecular weight excluding hydrogens is 240 g/mol. The fourth-order valence-electron chi connectivity index (χ4n) is 2.62. The highest BCUT2D eigenvalue weighted by Crippen LogP contribution is 2.22. The third kappa shape index (κ3) is 3.44. The van der Waals surface area contributed by atoms with E-state index in [9.17, 15) is 4.79 Å². The van der Waals surface area contributed by atoms with Crippen molar-refractivity contribution in [3.05, 3.63) is 23.9 Å². The Hall–Kier alpha value is -1.62. The molecule has 1 aliphatic heterocycles. The molecule has 0 aliphatic carbocycles. The largest absolute Gasteiger partial charge is 0.339 e. The SMILES string of the molecule is CCCC1CCN(C(=O)c2ccc(NN)nc2)CC1. The molecule has 0 bridgehead atoms. The zero-order valence-corrected chi connectivity index (χ0v) is 11.4. The van der Waals surface area contributed by atoms with Crippen LogP contribution >= 0.6 is 0 Å². The average Bonchev–Trinajstić information content (AvgIpc) is 2.48. The first-order chi connectivity index (χ1) is 9.24. The van der Waals surface area contributed by atoms with Crippen molar-refractivity contribution < 1.29 is 4.79 Å². The molecule has 1 amide bonds. The van der Waals surface area contributed by atoms with Gasteiger partial charge in [0, 0.05) is 19.3 Å². The number of nitrogens with one attached hydrogen (secondary N) is 1. The smallest absolute Gasteiger partial charge is 0.255 e. The summed E-state index contributed by atoms with van der Waals surface area (Å²) in [6.45, 7) is 3.94. The summed E-state index contributed by atoms with van der Waals surface area (Å²) in [4.78, 5) is 18.3. The Morgan fingerprint density at radius 2 is 2.21 bits per heavy atom. The predicted molar refractivity (Wildman–Crippen MR) is 75.6 cm³/mol. The summed E-state index contributed by atoms with van der Waals surface area (Å²) in [7, 11) is 0. The Balaban J connectivity index is 1.93. The minimum absolute atomic E-state index is 0.0750. The molecule has 0 radical (unpaired) electrons. The second-order valence-corrected chi connectivity index (χ2v) is 5.10. The number of hydrogen-bond acceptors (Lipinski definition) is 4. The summed E-state index contributed by atoms with van der Waals surface area (Å²) in [5.74, 6) is 6.69. The molecule has 5 heteroatoms. The van der Waals surface area contributed by atoms with Gasteiger partial charge in [-0.25, -0.2) is 10.8 Å². The molecule has 0 saturated carbocycles. The number of carbonyl (C=O) groups excluding carboxylic acids is 1. The molecule has 0 atom stereocenters. The molecule has 1 aromatic heterocycles. The summed E-state index contributed by atoms with van der Waals surface area (Å²) < 4.78 is 0. The second kappa shape index (κ2) is 6.52. The van der Waals surface area contributed by atoms with Gasteiger partial charge >= 0.3 is 0 Å². The van der Waals surface area contributed by atoms with Gasteiger partial charge in [-0.15, -0.1) is 0 Å². The molecule has 0 unspecified atom stereocenters. The number of nitrogen functional groups attached to an aromatic ring is 1. The van der Waals surface area contributed by atoms with E-state index in [0.29, 0.717) is 11.4 Å². The molecule has 0 spiro atoms. The van der Waals surface area contributed by atoms with Crippen LogP contribution in [-0.2, 0) is 0 Å². The van der Waals surface area contributed by atoms with Crippen molar-refractivity contribution in [1.82, 2.24) is 9.88 Å². The number of nitrogens with two attached hydrogens (primary N) is 1. The molecule has 3 N–H and O–H groups in total. The number of hydrogen-bond donors (Lipinski definition) is 2. The summed E-state index contributed by atoms with van der Waals surface area (Å²) >= 11 is 0. The zero-order chi connectivity index (χ0) is 13.7. The van der Waals surface area contributed by atoms with E-state index in [-0.39, 0.29) is 5.91 Å². The van der Waals surface area contributed by atoms with Gasteiger partial charge in [0.15, 0.2) is 0 Å². The van der Waals surface area contributed by atoms with Crippen molar-refractivity contribution in [2.24, 2.45) is 11.8 Å². The minimum atomic E-state index is 0.0750. The lowest BCUT2D eigenvalue weighted by atomic mass is 9.92. The van der Waals surface area contributed by atoms with Crippen molar-refractivity contribution in [3.63, 3.8) is 0 Å². The summed E-state index contributed by atoms with van der Waals surface area (Å²) in [6, 6.07) is 3.49. The molecule has 1 fully saturated rings. The number of piperidine rings is 1. The number of carbonyl (C=O) groups is 1. The highest BCUT2D eigenvalue weighted by atomic mass is 16.2. The first kappa shape index (κ1) is 13.8. The maximum absolute atomic E-state index is 12.3. The highest BCUT2D eigenvalue weighted by molar-refractivity contribution is 5.94. The van der Waals surface area contributed by atoms with Crippen LogP contribution in [-0.4, -0.2) is 28.9 Å². The molecule has 104 valence electrons. The third-order valence-electron chi connectivity index (χ3n) is 3.76. The van der Waals surface area contributed by atoms with Crippen LogP contribution in [0.2, 0.25) is 0 Å². The molecule has 1 aromatic rings. The second-order valence-electron chi connectivity index (χ2n) is 5.10. The molecular formula is C14H22N4O. The van der Waals surface area contributed by atoms with Crippen molar-refractivity contribution in [1.29, 1.82) is 0 Å². The van der Waals surface area contributed by atoms with Crippen LogP contribution in [0.4, 0.5) is 5.82 Å². The number of aromatic nitrogens is 1. The van der Waals surface area contributed by atoms with Crippen LogP contribution in [0, 0.1) is 5.92 Å². The maximum Gasteiger partial charge on any atom is 0.255 e. The van der Waals surface area contributed by atoms with E-state index in [1.54, 1.807) is 18.3 Å². The van der Waals surface area contributed by atoms with E-state index in [0.717, 1.165) is 31.8 Å². The van der Waals surface area contributed by atoms with E-state index in [2.05, 4.69) is 17.3 Å². The molecule has 0 aromatic carbocycles. The minimum Gasteiger partial charge on any atom is -0.339 e. The Bertz CT molecular complexity index is 410. The van der Waals surface area contributed by atoms with Gasteiger partial charge in [-0.05, 0) is 30.9 Å². The number of rotatable bonds is 4. The molecule has 1 aliphatic rings. The number of nitrogens with zero attached hydrogens (tertiary/aromatic N) is 2. The van der Waals surface area contributed by atoms with Crippen LogP contribution in [0.15, 0.2) is 18.3 Å². The number of amides is 1. The van der Waals surface area contributed by atoms with Gasteiger partial charge in [-0.2, -0.15) is 0 Å². The summed E-state index contributed by atoms with van der Waals surface area (Å²) in [5, 5.41) is 0. The van der Waals surface area contributed by atoms with Gasteiger partial charge < -0.3 is 10.3 Å². The van der Waals surface area contributed by atoms with Crippen molar-refractivity contribution in [3.8, 4) is 0 Å². The zero-order valence-electron chi connectivity index (χ0n) is 11.4. The molecule has 2 heterocycles. The molecule has 1 saturated heterocycles. The lowest BCUT2D eigenvalue weighted by Crippen LogP contribution is -2.38. The normalized spacial score (nSPS) is 16.4. The molecule has 19 heavy (non-hydrogen) atoms. The number of anilines is 1. The Kier molecular flexibility index (Phi) is 4.74. The average molecular weight is 262 g/mol.